The Bertz CT molecular complexity index is 31.2. The van der Waals surface area contributed by atoms with Crippen LogP contribution in [0.5, 0.6) is 0 Å². The predicted molar refractivity (Wildman–Crippen MR) is 19.3 cm³/mol. The molecule has 0 atom stereocenters. The van der Waals surface area contributed by atoms with Gasteiger partial charge in [-0.25, -0.2) is 0 Å². The van der Waals surface area contributed by atoms with Crippen molar-refractivity contribution in [3.8, 4) is 0 Å². The van der Waals surface area contributed by atoms with E-state index in [9.17, 15) is 0 Å². The van der Waals surface area contributed by atoms with E-state index in [1.807, 2.05) is 0 Å². The SMILES string of the molecule is O.[C-]#N.[C-]#N.[K].[Ni+2]. The Kier molecular flexibility index (Phi) is 1390. The monoisotopic (exact) mass is 167 g/mol. The zero-order valence-corrected chi connectivity index (χ0v) is 7.82. The molecular weight excluding hydrogens is 166 g/mol. The van der Waals surface area contributed by atoms with E-state index in [2.05, 4.69) is 0 Å². The van der Waals surface area contributed by atoms with Gasteiger partial charge in [0.25, 0.3) is 0 Å². The summed E-state index contributed by atoms with van der Waals surface area (Å²) in [5.41, 5.74) is 0. The van der Waals surface area contributed by atoms with Crippen molar-refractivity contribution >= 4 is 51.4 Å². The van der Waals surface area contributed by atoms with Gasteiger partial charge in [-0.2, -0.15) is 0 Å². The van der Waals surface area contributed by atoms with Crippen molar-refractivity contribution < 1.29 is 22.0 Å². The molecule has 0 heterocycles. The van der Waals surface area contributed by atoms with E-state index < -0.39 is 0 Å². The van der Waals surface area contributed by atoms with Crippen LogP contribution in [0.25, 0.3) is 0 Å². The quantitative estimate of drug-likeness (QED) is 0.342. The van der Waals surface area contributed by atoms with Crippen LogP contribution in [0.2, 0.25) is 0 Å². The minimum Gasteiger partial charge on any atom is -0.512 e. The Morgan fingerprint density at radius 1 is 0.857 bits per heavy atom. The fourth-order valence-corrected chi connectivity index (χ4v) is 0. The Morgan fingerprint density at radius 2 is 0.857 bits per heavy atom. The second-order valence-electron chi connectivity index (χ2n) is 0. The summed E-state index contributed by atoms with van der Waals surface area (Å²) in [5, 5.41) is 12.5. The molecule has 7 heavy (non-hydrogen) atoms. The van der Waals surface area contributed by atoms with Gasteiger partial charge in [-0.05, 0) is 0 Å². The van der Waals surface area contributed by atoms with Crippen molar-refractivity contribution in [1.29, 1.82) is 10.5 Å². The van der Waals surface area contributed by atoms with Gasteiger partial charge in [0.15, 0.2) is 0 Å². The van der Waals surface area contributed by atoms with Gasteiger partial charge in [0.2, 0.25) is 0 Å². The molecule has 0 bridgehead atoms. The Balaban J connectivity index is -0.00000000267. The summed E-state index contributed by atoms with van der Waals surface area (Å²) in [6, 6.07) is 0. The topological polar surface area (TPSA) is 79.1 Å². The summed E-state index contributed by atoms with van der Waals surface area (Å²) in [6.45, 7) is 9.50. The molecule has 37 valence electrons. The van der Waals surface area contributed by atoms with Gasteiger partial charge in [0.1, 0.15) is 0 Å². The van der Waals surface area contributed by atoms with Crippen molar-refractivity contribution in [2.24, 2.45) is 0 Å². The van der Waals surface area contributed by atoms with E-state index in [1.165, 1.54) is 0 Å². The predicted octanol–water partition coefficient (Wildman–Crippen LogP) is -1.02. The first-order chi connectivity index (χ1) is 2.00. The number of nitrogens with zero attached hydrogens (tertiary/aromatic N) is 2. The van der Waals surface area contributed by atoms with E-state index in [0.29, 0.717) is 0 Å². The number of rotatable bonds is 0. The molecule has 0 aliphatic heterocycles. The summed E-state index contributed by atoms with van der Waals surface area (Å²) in [5.74, 6) is 0. The molecule has 0 aromatic carbocycles. The Hall–Kier alpha value is 1.07. The Labute approximate surface area is 95.3 Å². The van der Waals surface area contributed by atoms with Gasteiger partial charge in [-0.1, -0.05) is 0 Å². The van der Waals surface area contributed by atoms with Gasteiger partial charge >= 0.3 is 16.5 Å². The smallest absolute Gasteiger partial charge is 0.512 e. The van der Waals surface area contributed by atoms with Crippen LogP contribution in [0.3, 0.4) is 0 Å². The van der Waals surface area contributed by atoms with Gasteiger partial charge < -0.3 is 29.1 Å². The molecule has 0 saturated carbocycles. The third kappa shape index (κ3) is 159. The summed E-state index contributed by atoms with van der Waals surface area (Å²) >= 11 is 0. The normalized spacial score (nSPS) is 0.571. The van der Waals surface area contributed by atoms with Crippen molar-refractivity contribution in [3.05, 3.63) is 13.1 Å². The molecular formula is C2H2KN2NiO. The molecule has 0 aliphatic rings. The minimum absolute atomic E-state index is 0. The van der Waals surface area contributed by atoms with Crippen molar-refractivity contribution in [1.82, 2.24) is 0 Å². The first-order valence-corrected chi connectivity index (χ1v) is 0.447. The van der Waals surface area contributed by atoms with Crippen LogP contribution in [0.4, 0.5) is 0 Å². The molecule has 0 unspecified atom stereocenters. The van der Waals surface area contributed by atoms with Crippen molar-refractivity contribution in [3.63, 3.8) is 0 Å². The number of hydrogen-bond donors (Lipinski definition) is 0. The largest absolute Gasteiger partial charge is 2.00 e. The molecule has 0 rings (SSSR count). The van der Waals surface area contributed by atoms with Crippen LogP contribution >= 0.6 is 0 Å². The van der Waals surface area contributed by atoms with Gasteiger partial charge in [-0.15, -0.1) is 0 Å². The van der Waals surface area contributed by atoms with Crippen LogP contribution in [0, 0.1) is 23.7 Å². The molecule has 2 N–H and O–H groups in total. The number of hydrogen-bond acceptors (Lipinski definition) is 2. The summed E-state index contributed by atoms with van der Waals surface area (Å²) in [6.07, 6.45) is 0. The zero-order valence-electron chi connectivity index (χ0n) is 3.71. The molecule has 0 amide bonds. The standard InChI is InChI=1S/2CN.K.Ni.H2O/c2*1-2;;;/h;;;;1H2/q2*-1;;+2;. The van der Waals surface area contributed by atoms with Crippen molar-refractivity contribution in [2.75, 3.05) is 0 Å². The maximum atomic E-state index is 6.25. The van der Waals surface area contributed by atoms with E-state index in [1.54, 1.807) is 0 Å². The molecule has 0 aromatic heterocycles. The second-order valence-corrected chi connectivity index (χ2v) is 0. The minimum atomic E-state index is 0. The maximum Gasteiger partial charge on any atom is 2.00 e. The molecule has 0 saturated heterocycles. The zero-order chi connectivity index (χ0) is 4.00. The van der Waals surface area contributed by atoms with Gasteiger partial charge in [0, 0.05) is 51.4 Å². The van der Waals surface area contributed by atoms with E-state index >= 15 is 0 Å². The van der Waals surface area contributed by atoms with E-state index in [4.69, 9.17) is 23.7 Å². The van der Waals surface area contributed by atoms with Crippen LogP contribution in [0.1, 0.15) is 0 Å². The fourth-order valence-electron chi connectivity index (χ4n) is 0. The average Bonchev–Trinajstić information content (AvgIpc) is 1.50. The maximum absolute atomic E-state index is 6.25. The van der Waals surface area contributed by atoms with Crippen molar-refractivity contribution in [2.45, 2.75) is 0 Å². The molecule has 5 heteroatoms. The fraction of sp³-hybridized carbons (Fsp3) is 0. The molecule has 0 aliphatic carbocycles. The second kappa shape index (κ2) is 228. The summed E-state index contributed by atoms with van der Waals surface area (Å²) in [4.78, 5) is 0. The summed E-state index contributed by atoms with van der Waals surface area (Å²) < 4.78 is 0. The molecule has 0 fully saturated rings. The van der Waals surface area contributed by atoms with Crippen LogP contribution < -0.4 is 0 Å². The third-order valence-corrected chi connectivity index (χ3v) is 0. The Morgan fingerprint density at radius 3 is 0.857 bits per heavy atom. The molecule has 0 aromatic rings. The molecule has 3 nitrogen and oxygen atoms in total. The van der Waals surface area contributed by atoms with Crippen LogP contribution in [-0.2, 0) is 16.5 Å². The molecule has 0 spiro atoms. The van der Waals surface area contributed by atoms with E-state index in [-0.39, 0.29) is 73.4 Å². The third-order valence-electron chi connectivity index (χ3n) is 0. The van der Waals surface area contributed by atoms with Crippen LogP contribution in [-0.4, -0.2) is 56.9 Å². The van der Waals surface area contributed by atoms with Crippen LogP contribution in [0.15, 0.2) is 0 Å². The van der Waals surface area contributed by atoms with E-state index in [0.717, 1.165) is 0 Å². The summed E-state index contributed by atoms with van der Waals surface area (Å²) in [7, 11) is 0. The molecule has 1 radical (unpaired) electrons. The average molecular weight is 168 g/mol. The first-order valence-electron chi connectivity index (χ1n) is 0.447. The first kappa shape index (κ1) is 42.8. The van der Waals surface area contributed by atoms with Gasteiger partial charge in [-0.3, -0.25) is 0 Å². The van der Waals surface area contributed by atoms with Gasteiger partial charge in [0.05, 0.1) is 0 Å².